The smallest absolute Gasteiger partial charge is 0.251 e. The lowest BCUT2D eigenvalue weighted by Gasteiger charge is -2.21. The monoisotopic (exact) mass is 270 g/mol. The summed E-state index contributed by atoms with van der Waals surface area (Å²) in [6.07, 6.45) is 1.25. The molecule has 19 heavy (non-hydrogen) atoms. The summed E-state index contributed by atoms with van der Waals surface area (Å²) in [5.41, 5.74) is 5.69. The number of nitrogens with one attached hydrogen (secondary N) is 1. The van der Waals surface area contributed by atoms with Crippen molar-refractivity contribution in [2.75, 3.05) is 20.6 Å². The Morgan fingerprint density at radius 2 is 2.05 bits per heavy atom. The van der Waals surface area contributed by atoms with Crippen LogP contribution in [-0.4, -0.2) is 55.2 Å². The topological polar surface area (TPSA) is 80.0 Å². The highest BCUT2D eigenvalue weighted by molar-refractivity contribution is 5.80. The number of amides is 1. The molecule has 0 aromatic rings. The fourth-order valence-electron chi connectivity index (χ4n) is 1.93. The largest absolute Gasteiger partial charge is 0.370 e. The van der Waals surface area contributed by atoms with E-state index in [1.807, 2.05) is 20.8 Å². The van der Waals surface area contributed by atoms with Crippen LogP contribution in [0.3, 0.4) is 0 Å². The number of carbonyl (C=O) groups excluding carboxylic acids is 1. The van der Waals surface area contributed by atoms with E-state index < -0.39 is 0 Å². The van der Waals surface area contributed by atoms with Gasteiger partial charge in [-0.25, -0.2) is 0 Å². The Labute approximate surface area is 115 Å². The van der Waals surface area contributed by atoms with Gasteiger partial charge in [-0.05, 0) is 33.6 Å². The number of nitrogens with zero attached hydrogens (tertiary/aromatic N) is 2. The number of likely N-dealkylation sites (N-methyl/N-ethyl adjacent to an activating group) is 1. The van der Waals surface area contributed by atoms with E-state index >= 15 is 0 Å². The minimum absolute atomic E-state index is 0.0192. The number of guanidine groups is 1. The predicted octanol–water partition coefficient (Wildman–Crippen LogP) is 0.325. The van der Waals surface area contributed by atoms with Crippen molar-refractivity contribution in [3.05, 3.63) is 0 Å². The maximum atomic E-state index is 11.7. The second kappa shape index (κ2) is 6.23. The lowest BCUT2D eigenvalue weighted by atomic mass is 10.1. The molecule has 0 bridgehead atoms. The van der Waals surface area contributed by atoms with Crippen LogP contribution in [0.1, 0.15) is 33.6 Å². The van der Waals surface area contributed by atoms with Crippen molar-refractivity contribution in [3.8, 4) is 0 Å². The third-order valence-corrected chi connectivity index (χ3v) is 2.79. The average Bonchev–Trinajstić information content (AvgIpc) is 2.71. The molecule has 3 N–H and O–H groups in total. The number of aliphatic imine (C=N–C) groups is 1. The molecular weight excluding hydrogens is 244 g/mol. The number of carbonyl (C=O) groups is 1. The molecule has 0 aromatic heterocycles. The molecule has 1 fully saturated rings. The summed E-state index contributed by atoms with van der Waals surface area (Å²) in [6.45, 7) is 6.56. The quantitative estimate of drug-likeness (QED) is 0.572. The van der Waals surface area contributed by atoms with Gasteiger partial charge in [-0.15, -0.1) is 0 Å². The molecule has 0 spiro atoms. The van der Waals surface area contributed by atoms with Crippen molar-refractivity contribution in [2.24, 2.45) is 10.7 Å². The Bertz CT molecular complexity index is 347. The van der Waals surface area contributed by atoms with E-state index in [1.54, 1.807) is 19.0 Å². The fourth-order valence-corrected chi connectivity index (χ4v) is 1.93. The van der Waals surface area contributed by atoms with Crippen LogP contribution >= 0.6 is 0 Å². The summed E-state index contributed by atoms with van der Waals surface area (Å²) in [5.74, 6) is 0.436. The number of hydrogen-bond donors (Lipinski definition) is 2. The molecule has 1 heterocycles. The van der Waals surface area contributed by atoms with Gasteiger partial charge in [0, 0.05) is 19.6 Å². The summed E-state index contributed by atoms with van der Waals surface area (Å²) in [4.78, 5) is 17.6. The first-order valence-corrected chi connectivity index (χ1v) is 6.64. The van der Waals surface area contributed by atoms with Gasteiger partial charge in [-0.1, -0.05) is 0 Å². The van der Waals surface area contributed by atoms with Crippen LogP contribution in [0, 0.1) is 0 Å². The van der Waals surface area contributed by atoms with E-state index in [0.29, 0.717) is 12.5 Å². The van der Waals surface area contributed by atoms with Crippen molar-refractivity contribution >= 4 is 11.9 Å². The van der Waals surface area contributed by atoms with Gasteiger partial charge in [-0.2, -0.15) is 0 Å². The second-order valence-electron chi connectivity index (χ2n) is 6.16. The summed E-state index contributed by atoms with van der Waals surface area (Å²) in [6, 6.07) is 0. The first-order chi connectivity index (χ1) is 8.69. The molecule has 1 rings (SSSR count). The highest BCUT2D eigenvalue weighted by Gasteiger charge is 2.31. The fraction of sp³-hybridized carbons (Fsp3) is 0.846. The van der Waals surface area contributed by atoms with Gasteiger partial charge in [0.15, 0.2) is 5.96 Å². The van der Waals surface area contributed by atoms with E-state index in [2.05, 4.69) is 10.3 Å². The summed E-state index contributed by atoms with van der Waals surface area (Å²) < 4.78 is 5.68. The number of hydrogen-bond acceptors (Lipinski definition) is 3. The molecule has 0 radical (unpaired) electrons. The van der Waals surface area contributed by atoms with E-state index in [9.17, 15) is 4.79 Å². The minimum Gasteiger partial charge on any atom is -0.370 e. The first kappa shape index (κ1) is 15.8. The van der Waals surface area contributed by atoms with Crippen molar-refractivity contribution in [1.82, 2.24) is 10.2 Å². The molecule has 0 saturated carbocycles. The normalized spacial score (nSPS) is 24.4. The number of rotatable bonds is 3. The Kier molecular flexibility index (Phi) is 5.17. The van der Waals surface area contributed by atoms with Crippen LogP contribution in [0.25, 0.3) is 0 Å². The van der Waals surface area contributed by atoms with Crippen molar-refractivity contribution in [2.45, 2.75) is 51.4 Å². The summed E-state index contributed by atoms with van der Waals surface area (Å²) in [7, 11) is 3.48. The molecule has 1 aliphatic heterocycles. The number of nitrogens with two attached hydrogens (primary N) is 1. The van der Waals surface area contributed by atoms with Crippen LogP contribution in [0.15, 0.2) is 4.99 Å². The van der Waals surface area contributed by atoms with Gasteiger partial charge in [0.05, 0.1) is 12.6 Å². The van der Waals surface area contributed by atoms with Crippen LogP contribution in [-0.2, 0) is 9.53 Å². The first-order valence-electron chi connectivity index (χ1n) is 6.64. The van der Waals surface area contributed by atoms with E-state index in [0.717, 1.165) is 12.8 Å². The Balaban J connectivity index is 2.40. The summed E-state index contributed by atoms with van der Waals surface area (Å²) in [5, 5.41) is 3.09. The maximum Gasteiger partial charge on any atom is 0.251 e. The molecular formula is C13H26N4O2. The average molecular weight is 270 g/mol. The predicted molar refractivity (Wildman–Crippen MR) is 76.0 cm³/mol. The second-order valence-corrected chi connectivity index (χ2v) is 6.16. The molecule has 6 heteroatoms. The van der Waals surface area contributed by atoms with E-state index in [-0.39, 0.29) is 23.7 Å². The van der Waals surface area contributed by atoms with Crippen molar-refractivity contribution < 1.29 is 9.53 Å². The molecule has 0 aromatic carbocycles. The zero-order valence-electron chi connectivity index (χ0n) is 12.6. The highest BCUT2D eigenvalue weighted by atomic mass is 16.5. The Morgan fingerprint density at radius 1 is 1.42 bits per heavy atom. The van der Waals surface area contributed by atoms with Crippen molar-refractivity contribution in [3.63, 3.8) is 0 Å². The number of ether oxygens (including phenoxy) is 1. The van der Waals surface area contributed by atoms with Crippen LogP contribution in [0.2, 0.25) is 0 Å². The molecule has 2 unspecified atom stereocenters. The van der Waals surface area contributed by atoms with Crippen LogP contribution in [0.4, 0.5) is 0 Å². The molecule has 1 aliphatic rings. The van der Waals surface area contributed by atoms with E-state index in [4.69, 9.17) is 10.5 Å². The third-order valence-electron chi connectivity index (χ3n) is 2.79. The van der Waals surface area contributed by atoms with Crippen LogP contribution < -0.4 is 11.1 Å². The lowest BCUT2D eigenvalue weighted by Crippen LogP contribution is -2.45. The van der Waals surface area contributed by atoms with E-state index in [1.165, 1.54) is 0 Å². The van der Waals surface area contributed by atoms with Gasteiger partial charge < -0.3 is 20.7 Å². The SMILES string of the molecule is CN(C)C(=O)C1CCC(CN=C(N)NC(C)(C)C)O1. The Morgan fingerprint density at radius 3 is 2.58 bits per heavy atom. The molecule has 1 saturated heterocycles. The van der Waals surface area contributed by atoms with Crippen molar-refractivity contribution in [1.29, 1.82) is 0 Å². The van der Waals surface area contributed by atoms with Gasteiger partial charge in [-0.3, -0.25) is 9.79 Å². The molecule has 2 atom stereocenters. The Hall–Kier alpha value is -1.30. The molecule has 110 valence electrons. The van der Waals surface area contributed by atoms with Gasteiger partial charge in [0.1, 0.15) is 6.10 Å². The standard InChI is InChI=1S/C13H26N4O2/c1-13(2,3)16-12(14)15-8-9-6-7-10(19-9)11(18)17(4)5/h9-10H,6-8H2,1-5H3,(H3,14,15,16). The molecule has 6 nitrogen and oxygen atoms in total. The maximum absolute atomic E-state index is 11.7. The third kappa shape index (κ3) is 5.46. The summed E-state index contributed by atoms with van der Waals surface area (Å²) >= 11 is 0. The molecule has 1 amide bonds. The van der Waals surface area contributed by atoms with Gasteiger partial charge >= 0.3 is 0 Å². The lowest BCUT2D eigenvalue weighted by molar-refractivity contribution is -0.140. The van der Waals surface area contributed by atoms with Gasteiger partial charge in [0.2, 0.25) is 0 Å². The molecule has 0 aliphatic carbocycles. The zero-order chi connectivity index (χ0) is 14.6. The van der Waals surface area contributed by atoms with Crippen LogP contribution in [0.5, 0.6) is 0 Å². The van der Waals surface area contributed by atoms with Gasteiger partial charge in [0.25, 0.3) is 5.91 Å². The highest BCUT2D eigenvalue weighted by Crippen LogP contribution is 2.21. The minimum atomic E-state index is -0.327. The zero-order valence-corrected chi connectivity index (χ0v) is 12.6.